The lowest BCUT2D eigenvalue weighted by atomic mass is 10.2. The van der Waals surface area contributed by atoms with E-state index in [9.17, 15) is 9.90 Å². The Morgan fingerprint density at radius 1 is 1.22 bits per heavy atom. The van der Waals surface area contributed by atoms with E-state index in [1.165, 1.54) is 16.3 Å². The van der Waals surface area contributed by atoms with Crippen molar-refractivity contribution in [1.29, 1.82) is 0 Å². The van der Waals surface area contributed by atoms with Crippen LogP contribution in [0.15, 0.2) is 44.9 Å². The first-order chi connectivity index (χ1) is 8.49. The number of aryl methyl sites for hydroxylation is 2. The van der Waals surface area contributed by atoms with E-state index in [0.29, 0.717) is 4.90 Å². The van der Waals surface area contributed by atoms with Gasteiger partial charge < -0.3 is 9.67 Å². The molecule has 0 saturated carbocycles. The lowest BCUT2D eigenvalue weighted by Crippen LogP contribution is -2.20. The normalized spacial score (nSPS) is 10.6. The average molecular weight is 261 g/mol. The number of aromatic nitrogens is 1. The lowest BCUT2D eigenvalue weighted by Gasteiger charge is -2.09. The highest BCUT2D eigenvalue weighted by Crippen LogP contribution is 2.32. The van der Waals surface area contributed by atoms with Crippen LogP contribution in [0.2, 0.25) is 0 Å². The molecule has 0 bridgehead atoms. The Kier molecular flexibility index (Phi) is 3.48. The zero-order valence-electron chi connectivity index (χ0n) is 10.6. The van der Waals surface area contributed by atoms with Gasteiger partial charge >= 0.3 is 0 Å². The molecular weight excluding hydrogens is 246 g/mol. The maximum Gasteiger partial charge on any atom is 0.268 e. The molecule has 1 aromatic carbocycles. The van der Waals surface area contributed by atoms with Gasteiger partial charge in [0.05, 0.1) is 0 Å². The fourth-order valence-electron chi connectivity index (χ4n) is 1.67. The van der Waals surface area contributed by atoms with Gasteiger partial charge in [0.15, 0.2) is 0 Å². The van der Waals surface area contributed by atoms with E-state index in [2.05, 4.69) is 0 Å². The van der Waals surface area contributed by atoms with Crippen molar-refractivity contribution in [2.24, 2.45) is 7.05 Å². The second kappa shape index (κ2) is 4.90. The van der Waals surface area contributed by atoms with Gasteiger partial charge in [-0.25, -0.2) is 0 Å². The van der Waals surface area contributed by atoms with E-state index in [4.69, 9.17) is 0 Å². The molecule has 18 heavy (non-hydrogen) atoms. The number of aromatic hydroxyl groups is 1. The zero-order valence-corrected chi connectivity index (χ0v) is 11.4. The molecule has 0 aliphatic rings. The quantitative estimate of drug-likeness (QED) is 0.904. The van der Waals surface area contributed by atoms with Crippen LogP contribution in [-0.2, 0) is 7.05 Å². The molecule has 4 heteroatoms. The monoisotopic (exact) mass is 261 g/mol. The van der Waals surface area contributed by atoms with Gasteiger partial charge in [0.2, 0.25) is 0 Å². The summed E-state index contributed by atoms with van der Waals surface area (Å²) in [5.41, 5.74) is 1.70. The van der Waals surface area contributed by atoms with Crippen molar-refractivity contribution in [2.45, 2.75) is 23.6 Å². The minimum atomic E-state index is -0.168. The highest BCUT2D eigenvalue weighted by atomic mass is 32.2. The summed E-state index contributed by atoms with van der Waals surface area (Å²) in [5, 5.41) is 9.89. The van der Waals surface area contributed by atoms with Crippen LogP contribution < -0.4 is 5.56 Å². The van der Waals surface area contributed by atoms with Crippen LogP contribution in [0.25, 0.3) is 0 Å². The third-order valence-electron chi connectivity index (χ3n) is 2.82. The van der Waals surface area contributed by atoms with Crippen molar-refractivity contribution >= 4 is 11.8 Å². The van der Waals surface area contributed by atoms with Gasteiger partial charge in [0.25, 0.3) is 5.56 Å². The van der Waals surface area contributed by atoms with Crippen molar-refractivity contribution in [3.8, 4) is 5.75 Å². The predicted octanol–water partition coefficient (Wildman–Crippen LogP) is 2.86. The second-order valence-corrected chi connectivity index (χ2v) is 5.37. The minimum absolute atomic E-state index is 0.0436. The Morgan fingerprint density at radius 3 is 2.61 bits per heavy atom. The minimum Gasteiger partial charge on any atom is -0.506 e. The fourth-order valence-corrected chi connectivity index (χ4v) is 2.69. The Morgan fingerprint density at radius 2 is 1.94 bits per heavy atom. The van der Waals surface area contributed by atoms with E-state index in [0.717, 1.165) is 16.2 Å². The largest absolute Gasteiger partial charge is 0.506 e. The van der Waals surface area contributed by atoms with Gasteiger partial charge in [-0.2, -0.15) is 0 Å². The summed E-state index contributed by atoms with van der Waals surface area (Å²) in [6.07, 6.45) is 0. The van der Waals surface area contributed by atoms with E-state index < -0.39 is 0 Å². The highest BCUT2D eigenvalue weighted by molar-refractivity contribution is 7.99. The van der Waals surface area contributed by atoms with Gasteiger partial charge in [0.1, 0.15) is 10.6 Å². The van der Waals surface area contributed by atoms with E-state index >= 15 is 0 Å². The lowest BCUT2D eigenvalue weighted by molar-refractivity contribution is 0.455. The van der Waals surface area contributed by atoms with Gasteiger partial charge in [-0.15, -0.1) is 0 Å². The first-order valence-electron chi connectivity index (χ1n) is 5.63. The molecule has 0 unspecified atom stereocenters. The fraction of sp³-hybridized carbons (Fsp3) is 0.214. The molecular formula is C14H15NO2S. The van der Waals surface area contributed by atoms with Crippen LogP contribution in [0.1, 0.15) is 11.3 Å². The summed E-state index contributed by atoms with van der Waals surface area (Å²) in [7, 11) is 1.71. The van der Waals surface area contributed by atoms with Gasteiger partial charge in [-0.1, -0.05) is 29.5 Å². The molecule has 1 aromatic heterocycles. The summed E-state index contributed by atoms with van der Waals surface area (Å²) in [6.45, 7) is 3.79. The molecule has 94 valence electrons. The summed E-state index contributed by atoms with van der Waals surface area (Å²) in [5.74, 6) is 0.0436. The zero-order chi connectivity index (χ0) is 13.3. The first-order valence-corrected chi connectivity index (χ1v) is 6.45. The maximum absolute atomic E-state index is 12.1. The van der Waals surface area contributed by atoms with Crippen molar-refractivity contribution < 1.29 is 5.11 Å². The number of pyridine rings is 1. The average Bonchev–Trinajstić information content (AvgIpc) is 2.32. The summed E-state index contributed by atoms with van der Waals surface area (Å²) in [4.78, 5) is 13.4. The number of rotatable bonds is 2. The molecule has 1 N–H and O–H groups in total. The Balaban J connectivity index is 2.47. The van der Waals surface area contributed by atoms with E-state index in [-0.39, 0.29) is 11.3 Å². The summed E-state index contributed by atoms with van der Waals surface area (Å²) in [6, 6.07) is 9.46. The molecule has 3 nitrogen and oxygen atoms in total. The van der Waals surface area contributed by atoms with Crippen molar-refractivity contribution in [1.82, 2.24) is 4.57 Å². The number of nitrogens with zero attached hydrogens (tertiary/aromatic N) is 1. The molecule has 2 aromatic rings. The molecule has 0 amide bonds. The first kappa shape index (κ1) is 12.8. The second-order valence-electron chi connectivity index (χ2n) is 4.28. The SMILES string of the molecule is Cc1cccc(Sc2c(O)cc(C)n(C)c2=O)c1. The van der Waals surface area contributed by atoms with Crippen LogP contribution in [0.4, 0.5) is 0 Å². The smallest absolute Gasteiger partial charge is 0.268 e. The van der Waals surface area contributed by atoms with E-state index in [1.54, 1.807) is 20.0 Å². The molecule has 0 saturated heterocycles. The number of benzene rings is 1. The van der Waals surface area contributed by atoms with E-state index in [1.807, 2.05) is 31.2 Å². The molecule has 0 aliphatic heterocycles. The number of hydrogen-bond acceptors (Lipinski definition) is 3. The van der Waals surface area contributed by atoms with Crippen LogP contribution in [0, 0.1) is 13.8 Å². The number of hydrogen-bond donors (Lipinski definition) is 1. The van der Waals surface area contributed by atoms with Crippen molar-refractivity contribution in [3.05, 3.63) is 51.9 Å². The molecule has 0 atom stereocenters. The van der Waals surface area contributed by atoms with Crippen LogP contribution in [-0.4, -0.2) is 9.67 Å². The maximum atomic E-state index is 12.1. The summed E-state index contributed by atoms with van der Waals surface area (Å²) >= 11 is 1.29. The predicted molar refractivity (Wildman–Crippen MR) is 73.4 cm³/mol. The molecule has 0 radical (unpaired) electrons. The standard InChI is InChI=1S/C14H15NO2S/c1-9-5-4-6-11(7-9)18-13-12(16)8-10(2)15(3)14(13)17/h4-8,16H,1-3H3. The highest BCUT2D eigenvalue weighted by Gasteiger charge is 2.12. The molecule has 0 fully saturated rings. The Labute approximate surface area is 110 Å². The molecule has 1 heterocycles. The van der Waals surface area contributed by atoms with Crippen molar-refractivity contribution in [2.75, 3.05) is 0 Å². The molecule has 0 aliphatic carbocycles. The topological polar surface area (TPSA) is 42.2 Å². The van der Waals surface area contributed by atoms with Gasteiger partial charge in [-0.05, 0) is 26.0 Å². The molecule has 0 spiro atoms. The van der Waals surface area contributed by atoms with Crippen molar-refractivity contribution in [3.63, 3.8) is 0 Å². The van der Waals surface area contributed by atoms with Gasteiger partial charge in [-0.3, -0.25) is 4.79 Å². The third kappa shape index (κ3) is 2.43. The van der Waals surface area contributed by atoms with Crippen LogP contribution in [0.3, 0.4) is 0 Å². The third-order valence-corrected chi connectivity index (χ3v) is 3.89. The summed E-state index contributed by atoms with van der Waals surface area (Å²) < 4.78 is 1.54. The van der Waals surface area contributed by atoms with Crippen LogP contribution in [0.5, 0.6) is 5.75 Å². The van der Waals surface area contributed by atoms with Gasteiger partial charge in [0, 0.05) is 23.7 Å². The Bertz CT molecular complexity index is 647. The Hall–Kier alpha value is -1.68. The van der Waals surface area contributed by atoms with Crippen LogP contribution >= 0.6 is 11.8 Å². The molecule has 2 rings (SSSR count).